The molecule has 4 N–H and O–H groups in total. The maximum atomic E-state index is 5.61. The first-order valence-corrected chi connectivity index (χ1v) is 4.14. The molecule has 0 spiro atoms. The number of hydrogen-bond acceptors (Lipinski definition) is 4. The largest absolute Gasteiger partial charge is 0.399 e. The first-order chi connectivity index (χ1) is 5.79. The molecule has 1 heterocycles. The number of anilines is 3. The van der Waals surface area contributed by atoms with Gasteiger partial charge in [0.1, 0.15) is 6.17 Å². The van der Waals surface area contributed by atoms with Crippen LogP contribution in [-0.4, -0.2) is 11.5 Å². The van der Waals surface area contributed by atoms with Crippen LogP contribution >= 0.6 is 12.2 Å². The highest BCUT2D eigenvalue weighted by Gasteiger charge is 2.16. The average Bonchev–Trinajstić information content (AvgIpc) is 2.46. The third-order valence-electron chi connectivity index (χ3n) is 1.80. The second-order valence-corrected chi connectivity index (χ2v) is 2.98. The summed E-state index contributed by atoms with van der Waals surface area (Å²) < 4.78 is 0. The summed E-state index contributed by atoms with van der Waals surface area (Å²) in [5, 5.41) is 8.01. The molecule has 4 heteroatoms. The van der Waals surface area contributed by atoms with Gasteiger partial charge in [0, 0.05) is 11.1 Å². The van der Waals surface area contributed by atoms with E-state index in [-0.39, 0.29) is 6.17 Å². The molecule has 0 radical (unpaired) electrons. The highest BCUT2D eigenvalue weighted by atomic mass is 32.1. The van der Waals surface area contributed by atoms with Crippen LogP contribution in [0.3, 0.4) is 0 Å². The number of thiocarbonyl (C=S) groups is 1. The summed E-state index contributed by atoms with van der Waals surface area (Å²) in [4.78, 5) is 0. The van der Waals surface area contributed by atoms with E-state index in [0.29, 0.717) is 0 Å². The van der Waals surface area contributed by atoms with Gasteiger partial charge in [0.25, 0.3) is 0 Å². The molecular formula is C8H9N3S. The number of nitrogen functional groups attached to an aromatic ring is 1. The van der Waals surface area contributed by atoms with E-state index in [2.05, 4.69) is 10.6 Å². The van der Waals surface area contributed by atoms with Crippen molar-refractivity contribution < 1.29 is 0 Å². The van der Waals surface area contributed by atoms with Crippen molar-refractivity contribution in [3.63, 3.8) is 0 Å². The minimum Gasteiger partial charge on any atom is -0.399 e. The molecule has 0 saturated carbocycles. The smallest absolute Gasteiger partial charge is 0.126 e. The molecule has 0 aromatic heterocycles. The van der Waals surface area contributed by atoms with Crippen LogP contribution in [0.4, 0.5) is 17.1 Å². The lowest BCUT2D eigenvalue weighted by Gasteiger charge is -2.02. The summed E-state index contributed by atoms with van der Waals surface area (Å²) in [5.74, 6) is 0. The molecule has 0 bridgehead atoms. The predicted octanol–water partition coefficient (Wildman–Crippen LogP) is 1.43. The molecule has 1 atom stereocenters. The molecule has 0 saturated heterocycles. The van der Waals surface area contributed by atoms with Crippen LogP contribution in [0.2, 0.25) is 0 Å². The van der Waals surface area contributed by atoms with Crippen molar-refractivity contribution in [2.75, 3.05) is 16.4 Å². The number of benzene rings is 1. The molecule has 62 valence electrons. The standard InChI is InChI=1S/C8H9N3S/c9-5-1-2-6-7(3-5)11-8(4-12)10-6/h1-4,8,10-11H,9H2. The SMILES string of the molecule is Nc1ccc2c(c1)NC(C=S)N2. The number of nitrogens with two attached hydrogens (primary N) is 1. The zero-order chi connectivity index (χ0) is 8.55. The summed E-state index contributed by atoms with van der Waals surface area (Å²) >= 11 is 4.81. The van der Waals surface area contributed by atoms with Gasteiger partial charge in [0.05, 0.1) is 11.4 Å². The predicted molar refractivity (Wildman–Crippen MR) is 55.5 cm³/mol. The molecule has 0 aliphatic carbocycles. The van der Waals surface area contributed by atoms with Crippen LogP contribution in [0.15, 0.2) is 18.2 Å². The Balaban J connectivity index is 2.35. The molecule has 1 aromatic rings. The van der Waals surface area contributed by atoms with Crippen LogP contribution in [0.5, 0.6) is 0 Å². The van der Waals surface area contributed by atoms with Gasteiger partial charge in [-0.2, -0.15) is 0 Å². The van der Waals surface area contributed by atoms with Crippen molar-refractivity contribution in [2.45, 2.75) is 6.17 Å². The third kappa shape index (κ3) is 1.10. The van der Waals surface area contributed by atoms with E-state index in [1.54, 1.807) is 5.37 Å². The number of hydrogen-bond donors (Lipinski definition) is 3. The van der Waals surface area contributed by atoms with Gasteiger partial charge >= 0.3 is 0 Å². The minimum atomic E-state index is 0.0526. The first-order valence-electron chi connectivity index (χ1n) is 3.67. The molecule has 0 fully saturated rings. The van der Waals surface area contributed by atoms with Gasteiger partial charge in [-0.25, -0.2) is 0 Å². The lowest BCUT2D eigenvalue weighted by molar-refractivity contribution is 1.17. The van der Waals surface area contributed by atoms with Gasteiger partial charge in [0.2, 0.25) is 0 Å². The average molecular weight is 179 g/mol. The van der Waals surface area contributed by atoms with E-state index >= 15 is 0 Å². The van der Waals surface area contributed by atoms with Gasteiger partial charge < -0.3 is 16.4 Å². The summed E-state index contributed by atoms with van der Waals surface area (Å²) in [5.41, 5.74) is 8.44. The Hall–Kier alpha value is -1.29. The number of nitrogens with one attached hydrogen (secondary N) is 2. The Kier molecular flexibility index (Phi) is 1.62. The van der Waals surface area contributed by atoms with E-state index < -0.39 is 0 Å². The van der Waals surface area contributed by atoms with Gasteiger partial charge in [-0.1, -0.05) is 12.2 Å². The Morgan fingerprint density at radius 2 is 2.08 bits per heavy atom. The van der Waals surface area contributed by atoms with Crippen molar-refractivity contribution >= 4 is 34.6 Å². The van der Waals surface area contributed by atoms with Crippen LogP contribution < -0.4 is 16.4 Å². The lowest BCUT2D eigenvalue weighted by Crippen LogP contribution is -2.22. The first kappa shape index (κ1) is 7.36. The van der Waals surface area contributed by atoms with Gasteiger partial charge in [0.15, 0.2) is 0 Å². The van der Waals surface area contributed by atoms with Gasteiger partial charge in [-0.05, 0) is 18.2 Å². The van der Waals surface area contributed by atoms with Crippen molar-refractivity contribution in [2.24, 2.45) is 0 Å². The van der Waals surface area contributed by atoms with E-state index in [0.717, 1.165) is 17.1 Å². The molecule has 1 aromatic carbocycles. The fraction of sp³-hybridized carbons (Fsp3) is 0.125. The van der Waals surface area contributed by atoms with Gasteiger partial charge in [-0.15, -0.1) is 0 Å². The molecule has 2 rings (SSSR count). The molecule has 0 amide bonds. The van der Waals surface area contributed by atoms with E-state index in [1.165, 1.54) is 0 Å². The summed E-state index contributed by atoms with van der Waals surface area (Å²) in [6.07, 6.45) is 0.0526. The minimum absolute atomic E-state index is 0.0526. The summed E-state index contributed by atoms with van der Waals surface area (Å²) in [7, 11) is 0. The zero-order valence-corrected chi connectivity index (χ0v) is 7.19. The van der Waals surface area contributed by atoms with Crippen molar-refractivity contribution in [1.29, 1.82) is 0 Å². The van der Waals surface area contributed by atoms with Crippen LogP contribution in [0.1, 0.15) is 0 Å². The number of rotatable bonds is 1. The Morgan fingerprint density at radius 3 is 2.83 bits per heavy atom. The van der Waals surface area contributed by atoms with Crippen molar-refractivity contribution in [1.82, 2.24) is 0 Å². The molecule has 1 unspecified atom stereocenters. The maximum Gasteiger partial charge on any atom is 0.126 e. The topological polar surface area (TPSA) is 50.1 Å². The van der Waals surface area contributed by atoms with E-state index in [1.807, 2.05) is 18.2 Å². The summed E-state index contributed by atoms with van der Waals surface area (Å²) in [6.45, 7) is 0. The van der Waals surface area contributed by atoms with E-state index in [9.17, 15) is 0 Å². The van der Waals surface area contributed by atoms with E-state index in [4.69, 9.17) is 18.0 Å². The molecule has 3 nitrogen and oxygen atoms in total. The van der Waals surface area contributed by atoms with Crippen molar-refractivity contribution in [3.05, 3.63) is 18.2 Å². The maximum absolute atomic E-state index is 5.61. The fourth-order valence-electron chi connectivity index (χ4n) is 1.25. The van der Waals surface area contributed by atoms with Crippen LogP contribution in [0.25, 0.3) is 0 Å². The summed E-state index contributed by atoms with van der Waals surface area (Å²) in [6, 6.07) is 5.69. The Morgan fingerprint density at radius 1 is 1.33 bits per heavy atom. The monoisotopic (exact) mass is 179 g/mol. The third-order valence-corrected chi connectivity index (χ3v) is 2.07. The Labute approximate surface area is 76.0 Å². The van der Waals surface area contributed by atoms with Crippen molar-refractivity contribution in [3.8, 4) is 0 Å². The normalized spacial score (nSPS) is 19.2. The molecule has 1 aliphatic heterocycles. The second-order valence-electron chi connectivity index (χ2n) is 2.71. The van der Waals surface area contributed by atoms with Crippen LogP contribution in [0, 0.1) is 0 Å². The highest BCUT2D eigenvalue weighted by molar-refractivity contribution is 7.79. The van der Waals surface area contributed by atoms with Crippen LogP contribution in [-0.2, 0) is 0 Å². The fourth-order valence-corrected chi connectivity index (χ4v) is 1.38. The zero-order valence-electron chi connectivity index (χ0n) is 6.37. The molecule has 1 aliphatic rings. The number of fused-ring (bicyclic) bond motifs is 1. The Bertz CT molecular complexity index is 324. The second kappa shape index (κ2) is 2.64. The highest BCUT2D eigenvalue weighted by Crippen LogP contribution is 2.29. The molecule has 12 heavy (non-hydrogen) atoms. The molecular weight excluding hydrogens is 170 g/mol. The lowest BCUT2D eigenvalue weighted by atomic mass is 10.2. The van der Waals surface area contributed by atoms with Gasteiger partial charge in [-0.3, -0.25) is 0 Å². The quantitative estimate of drug-likeness (QED) is 0.451.